The molecular weight excluding hydrogens is 290 g/mol. The van der Waals surface area contributed by atoms with Gasteiger partial charge in [-0.15, -0.1) is 11.3 Å². The summed E-state index contributed by atoms with van der Waals surface area (Å²) in [4.78, 5) is 3.57. The third-order valence-electron chi connectivity index (χ3n) is 3.34. The highest BCUT2D eigenvalue weighted by Gasteiger charge is 2.15. The molecule has 20 heavy (non-hydrogen) atoms. The van der Waals surface area contributed by atoms with Crippen LogP contribution in [-0.4, -0.2) is 37.4 Å². The molecule has 0 atom stereocenters. The number of rotatable bonds is 3. The minimum Gasteiger partial charge on any atom is -0.368 e. The van der Waals surface area contributed by atoms with Crippen LogP contribution in [0.4, 0.5) is 5.69 Å². The number of anilines is 1. The number of thiophene rings is 1. The molecule has 0 unspecified atom stereocenters. The van der Waals surface area contributed by atoms with Gasteiger partial charge in [0.2, 0.25) is 0 Å². The lowest BCUT2D eigenvalue weighted by Crippen LogP contribution is -2.44. The molecule has 104 valence electrons. The van der Waals surface area contributed by atoms with Crippen molar-refractivity contribution in [1.29, 1.82) is 0 Å². The summed E-state index contributed by atoms with van der Waals surface area (Å²) in [7, 11) is 0. The molecule has 3 nitrogen and oxygen atoms in total. The topological polar surface area (TPSA) is 18.8 Å². The van der Waals surface area contributed by atoms with Gasteiger partial charge in [-0.05, 0) is 35.7 Å². The zero-order valence-corrected chi connectivity index (χ0v) is 12.6. The highest BCUT2D eigenvalue weighted by Crippen LogP contribution is 2.19. The molecule has 1 aliphatic heterocycles. The first-order valence-corrected chi connectivity index (χ1v) is 7.90. The third-order valence-corrected chi connectivity index (χ3v) is 4.40. The van der Waals surface area contributed by atoms with Gasteiger partial charge in [0, 0.05) is 28.7 Å². The number of hydrogen-bond donors (Lipinski definition) is 0. The average Bonchev–Trinajstić information content (AvgIpc) is 3.00. The molecular formula is C15H16ClN3S. The van der Waals surface area contributed by atoms with Gasteiger partial charge >= 0.3 is 0 Å². The number of hydrogen-bond acceptors (Lipinski definition) is 4. The summed E-state index contributed by atoms with van der Waals surface area (Å²) in [6.45, 7) is 3.88. The summed E-state index contributed by atoms with van der Waals surface area (Å²) in [5.41, 5.74) is 1.23. The Labute approximate surface area is 128 Å². The van der Waals surface area contributed by atoms with Gasteiger partial charge in [-0.25, -0.2) is 0 Å². The van der Waals surface area contributed by atoms with Crippen LogP contribution in [0.3, 0.4) is 0 Å². The normalized spacial score (nSPS) is 16.1. The average molecular weight is 306 g/mol. The Balaban J connectivity index is 1.55. The van der Waals surface area contributed by atoms with Gasteiger partial charge in [-0.3, -0.25) is 5.01 Å². The minimum absolute atomic E-state index is 0.785. The molecule has 1 aliphatic rings. The summed E-state index contributed by atoms with van der Waals surface area (Å²) in [5.74, 6) is 0. The predicted octanol–water partition coefficient (Wildman–Crippen LogP) is 3.56. The fourth-order valence-electron chi connectivity index (χ4n) is 2.22. The smallest absolute Gasteiger partial charge is 0.0642 e. The van der Waals surface area contributed by atoms with Gasteiger partial charge in [0.25, 0.3) is 0 Å². The van der Waals surface area contributed by atoms with Crippen LogP contribution in [0.5, 0.6) is 0 Å². The first-order chi connectivity index (χ1) is 9.81. The van der Waals surface area contributed by atoms with E-state index in [0.717, 1.165) is 31.2 Å². The molecule has 2 aromatic rings. The van der Waals surface area contributed by atoms with Gasteiger partial charge in [0.05, 0.1) is 19.3 Å². The van der Waals surface area contributed by atoms with Crippen molar-refractivity contribution in [3.05, 3.63) is 51.7 Å². The van der Waals surface area contributed by atoms with Crippen LogP contribution in [-0.2, 0) is 0 Å². The van der Waals surface area contributed by atoms with Crippen molar-refractivity contribution in [1.82, 2.24) is 5.01 Å². The molecule has 1 saturated heterocycles. The van der Waals surface area contributed by atoms with Crippen molar-refractivity contribution in [2.45, 2.75) is 0 Å². The number of benzene rings is 1. The summed E-state index contributed by atoms with van der Waals surface area (Å²) < 4.78 is 0. The third kappa shape index (κ3) is 3.32. The Kier molecular flexibility index (Phi) is 4.23. The van der Waals surface area contributed by atoms with Crippen LogP contribution < -0.4 is 4.90 Å². The number of piperazine rings is 1. The summed E-state index contributed by atoms with van der Waals surface area (Å²) in [5, 5.41) is 9.52. The van der Waals surface area contributed by atoms with E-state index in [4.69, 9.17) is 11.6 Å². The molecule has 5 heteroatoms. The van der Waals surface area contributed by atoms with Gasteiger partial charge in [0.1, 0.15) is 0 Å². The molecule has 0 radical (unpaired) electrons. The summed E-state index contributed by atoms with van der Waals surface area (Å²) >= 11 is 7.63. The second-order valence-corrected chi connectivity index (χ2v) is 6.09. The van der Waals surface area contributed by atoms with Crippen molar-refractivity contribution < 1.29 is 0 Å². The quantitative estimate of drug-likeness (QED) is 0.808. The van der Waals surface area contributed by atoms with E-state index < -0.39 is 0 Å². The Morgan fingerprint density at radius 3 is 2.45 bits per heavy atom. The molecule has 3 rings (SSSR count). The Morgan fingerprint density at radius 2 is 1.80 bits per heavy atom. The molecule has 0 aliphatic carbocycles. The van der Waals surface area contributed by atoms with Gasteiger partial charge < -0.3 is 4.90 Å². The van der Waals surface area contributed by atoms with Crippen LogP contribution in [0.2, 0.25) is 5.02 Å². The maximum Gasteiger partial charge on any atom is 0.0642 e. The molecule has 0 amide bonds. The van der Waals surface area contributed by atoms with E-state index in [-0.39, 0.29) is 0 Å². The summed E-state index contributed by atoms with van der Waals surface area (Å²) in [6.07, 6.45) is 1.95. The number of halogens is 1. The fourth-order valence-corrected chi connectivity index (χ4v) is 2.93. The Bertz CT molecular complexity index is 557. The maximum atomic E-state index is 5.92. The van der Waals surface area contributed by atoms with Crippen LogP contribution in [0.15, 0.2) is 46.9 Å². The van der Waals surface area contributed by atoms with Crippen LogP contribution in [0.25, 0.3) is 0 Å². The molecule has 1 fully saturated rings. The zero-order chi connectivity index (χ0) is 13.8. The molecule has 0 N–H and O–H groups in total. The van der Waals surface area contributed by atoms with E-state index in [9.17, 15) is 0 Å². The Hall–Kier alpha value is -1.52. The fraction of sp³-hybridized carbons (Fsp3) is 0.267. The lowest BCUT2D eigenvalue weighted by Gasteiger charge is -2.34. The standard InChI is InChI=1S/C15H16ClN3S/c16-13-3-5-14(6-4-13)18-7-9-19(10-8-18)17-12-15-2-1-11-20-15/h1-6,11-12H,7-10H2. The van der Waals surface area contributed by atoms with Crippen LogP contribution in [0.1, 0.15) is 4.88 Å². The van der Waals surface area contributed by atoms with E-state index in [2.05, 4.69) is 38.6 Å². The lowest BCUT2D eigenvalue weighted by atomic mass is 10.2. The van der Waals surface area contributed by atoms with Crippen LogP contribution >= 0.6 is 22.9 Å². The first-order valence-electron chi connectivity index (χ1n) is 6.64. The second kappa shape index (κ2) is 6.29. The highest BCUT2D eigenvalue weighted by molar-refractivity contribution is 7.11. The highest BCUT2D eigenvalue weighted by atomic mass is 35.5. The molecule has 0 bridgehead atoms. The lowest BCUT2D eigenvalue weighted by molar-refractivity contribution is 0.272. The van der Waals surface area contributed by atoms with E-state index >= 15 is 0 Å². The van der Waals surface area contributed by atoms with E-state index in [1.54, 1.807) is 11.3 Å². The second-order valence-electron chi connectivity index (χ2n) is 4.68. The van der Waals surface area contributed by atoms with Crippen LogP contribution in [0, 0.1) is 0 Å². The predicted molar refractivity (Wildman–Crippen MR) is 87.2 cm³/mol. The molecule has 1 aromatic carbocycles. The van der Waals surface area contributed by atoms with Gasteiger partial charge in [-0.1, -0.05) is 17.7 Å². The maximum absolute atomic E-state index is 5.92. The van der Waals surface area contributed by atoms with E-state index in [1.807, 2.05) is 24.4 Å². The van der Waals surface area contributed by atoms with E-state index in [0.29, 0.717) is 0 Å². The summed E-state index contributed by atoms with van der Waals surface area (Å²) in [6, 6.07) is 12.2. The monoisotopic (exact) mass is 305 g/mol. The first kappa shape index (κ1) is 13.5. The SMILES string of the molecule is Clc1ccc(N2CCN(N=Cc3cccs3)CC2)cc1. The largest absolute Gasteiger partial charge is 0.368 e. The molecule has 2 heterocycles. The van der Waals surface area contributed by atoms with Crippen molar-refractivity contribution in [3.63, 3.8) is 0 Å². The molecule has 0 spiro atoms. The van der Waals surface area contributed by atoms with Crippen molar-refractivity contribution in [3.8, 4) is 0 Å². The Morgan fingerprint density at radius 1 is 1.05 bits per heavy atom. The van der Waals surface area contributed by atoms with Gasteiger partial charge in [-0.2, -0.15) is 5.10 Å². The van der Waals surface area contributed by atoms with Gasteiger partial charge in [0.15, 0.2) is 0 Å². The zero-order valence-electron chi connectivity index (χ0n) is 11.1. The van der Waals surface area contributed by atoms with Crippen molar-refractivity contribution in [2.24, 2.45) is 5.10 Å². The number of nitrogens with zero attached hydrogens (tertiary/aromatic N) is 3. The van der Waals surface area contributed by atoms with Crippen molar-refractivity contribution in [2.75, 3.05) is 31.1 Å². The number of hydrazone groups is 1. The molecule has 1 aromatic heterocycles. The van der Waals surface area contributed by atoms with Crippen molar-refractivity contribution >= 4 is 34.8 Å². The van der Waals surface area contributed by atoms with E-state index in [1.165, 1.54) is 10.6 Å². The molecule has 0 saturated carbocycles. The minimum atomic E-state index is 0.785.